The molecule has 1 rings (SSSR count). The van der Waals surface area contributed by atoms with Crippen molar-refractivity contribution in [3.05, 3.63) is 48.6 Å². The Kier molecular flexibility index (Phi) is 27.7. The van der Waals surface area contributed by atoms with E-state index in [1.165, 1.54) is 44.9 Å². The number of unbranched alkanes of at least 4 members (excludes halogenated alkanes) is 11. The van der Waals surface area contributed by atoms with E-state index >= 15 is 0 Å². The van der Waals surface area contributed by atoms with E-state index in [1.54, 1.807) is 0 Å². The number of rotatable bonds is 30. The summed E-state index contributed by atoms with van der Waals surface area (Å²) in [6.07, 6.45) is 19.3. The van der Waals surface area contributed by atoms with Crippen LogP contribution in [-0.4, -0.2) is 98.3 Å². The van der Waals surface area contributed by atoms with E-state index in [4.69, 9.17) is 18.5 Å². The quantitative estimate of drug-likeness (QED) is 0.0162. The normalized spacial score (nSPS) is 24.0. The Morgan fingerprint density at radius 1 is 0.604 bits per heavy atom. The zero-order chi connectivity index (χ0) is 39.3. The highest BCUT2D eigenvalue weighted by atomic mass is 31.2. The smallest absolute Gasteiger partial charge is 0.462 e. The molecule has 0 aliphatic heterocycles. The SMILES string of the molecule is CCCC/C=C/C=C/CCCCCC(=O)OCC(COP(=O)(O)OC1C(O)C(O)C(O)[C@@H](O)C1O)OC(=O)CC/C=C/C/C=C/CCCCCCCC. The molecule has 1 aliphatic rings. The van der Waals surface area contributed by atoms with Crippen molar-refractivity contribution < 1.29 is 63.1 Å². The molecular weight excluding hydrogens is 707 g/mol. The van der Waals surface area contributed by atoms with Crippen molar-refractivity contribution >= 4 is 19.8 Å². The summed E-state index contributed by atoms with van der Waals surface area (Å²) >= 11 is 0. The van der Waals surface area contributed by atoms with Crippen LogP contribution in [0.5, 0.6) is 0 Å². The number of allylic oxidation sites excluding steroid dienone is 8. The van der Waals surface area contributed by atoms with E-state index in [0.29, 0.717) is 12.8 Å². The van der Waals surface area contributed by atoms with E-state index in [1.807, 2.05) is 24.3 Å². The highest BCUT2D eigenvalue weighted by Gasteiger charge is 2.51. The Morgan fingerprint density at radius 3 is 1.77 bits per heavy atom. The highest BCUT2D eigenvalue weighted by Crippen LogP contribution is 2.47. The van der Waals surface area contributed by atoms with Crippen LogP contribution in [0.3, 0.4) is 0 Å². The first kappa shape index (κ1) is 48.8. The minimum atomic E-state index is -5.13. The van der Waals surface area contributed by atoms with Gasteiger partial charge in [0.2, 0.25) is 0 Å². The van der Waals surface area contributed by atoms with E-state index in [0.717, 1.165) is 44.9 Å². The van der Waals surface area contributed by atoms with Gasteiger partial charge in [0, 0.05) is 12.8 Å². The van der Waals surface area contributed by atoms with Crippen LogP contribution in [0, 0.1) is 0 Å². The van der Waals surface area contributed by atoms with Gasteiger partial charge in [-0.1, -0.05) is 114 Å². The summed E-state index contributed by atoms with van der Waals surface area (Å²) < 4.78 is 33.2. The van der Waals surface area contributed by atoms with Gasteiger partial charge in [-0.25, -0.2) is 4.57 Å². The first-order valence-electron chi connectivity index (χ1n) is 19.5. The molecule has 0 aromatic heterocycles. The molecule has 0 aromatic rings. The van der Waals surface area contributed by atoms with Crippen molar-refractivity contribution in [3.63, 3.8) is 0 Å². The summed E-state index contributed by atoms with van der Waals surface area (Å²) in [5.74, 6) is -1.22. The highest BCUT2D eigenvalue weighted by molar-refractivity contribution is 7.47. The fraction of sp³-hybridized carbons (Fsp3) is 0.744. The monoisotopic (exact) mass is 774 g/mol. The van der Waals surface area contributed by atoms with Crippen LogP contribution in [0.2, 0.25) is 0 Å². The third kappa shape index (κ3) is 23.4. The van der Waals surface area contributed by atoms with Gasteiger partial charge in [0.1, 0.15) is 43.2 Å². The third-order valence-corrected chi connectivity index (χ3v) is 9.67. The Bertz CT molecular complexity index is 1120. The van der Waals surface area contributed by atoms with Gasteiger partial charge >= 0.3 is 19.8 Å². The minimum absolute atomic E-state index is 0.0166. The predicted octanol–water partition coefficient (Wildman–Crippen LogP) is 6.05. The number of carbonyl (C=O) groups excluding carboxylic acids is 2. The first-order valence-corrected chi connectivity index (χ1v) is 21.0. The van der Waals surface area contributed by atoms with Gasteiger partial charge in [-0.3, -0.25) is 18.6 Å². The molecular formula is C39H67O13P. The number of aliphatic hydroxyl groups is 5. The minimum Gasteiger partial charge on any atom is -0.462 e. The summed E-state index contributed by atoms with van der Waals surface area (Å²) in [6, 6.07) is 0. The van der Waals surface area contributed by atoms with E-state index < -0.39 is 75.7 Å². The Labute approximate surface area is 316 Å². The van der Waals surface area contributed by atoms with Crippen molar-refractivity contribution in [2.75, 3.05) is 13.2 Å². The fourth-order valence-corrected chi connectivity index (χ4v) is 6.40. The standard InChI is InChI=1S/C39H67O13P/c1-3-5-7-9-11-13-15-16-18-20-22-24-26-28-33(41)51-31(29-49-32(40)27-25-23-21-19-17-14-12-10-8-6-4-2)30-50-53(47,48)52-39-37(45)35(43)34(42)36(44)38(39)46/h10,12,14,16-18,22,24,31,34-39,42-46H,3-9,11,13,15,19-21,23,25-30H2,1-2H3,(H,47,48)/b12-10+,17-14+,18-16+,24-22+/t31?,34?,35-,36?,37?,38?,39?/m1/s1. The zero-order valence-corrected chi connectivity index (χ0v) is 32.7. The largest absolute Gasteiger partial charge is 0.472 e. The number of carbonyl (C=O) groups is 2. The number of phosphoric ester groups is 1. The summed E-state index contributed by atoms with van der Waals surface area (Å²) in [4.78, 5) is 35.4. The molecule has 1 saturated carbocycles. The Hall–Kier alpha value is -2.19. The molecule has 1 fully saturated rings. The molecule has 6 N–H and O–H groups in total. The molecule has 0 heterocycles. The molecule has 8 atom stereocenters. The van der Waals surface area contributed by atoms with Crippen LogP contribution in [0.1, 0.15) is 129 Å². The average Bonchev–Trinajstić information content (AvgIpc) is 3.13. The maximum absolute atomic E-state index is 12.7. The number of phosphoric acid groups is 1. The fourth-order valence-electron chi connectivity index (χ4n) is 5.43. The first-order chi connectivity index (χ1) is 25.4. The lowest BCUT2D eigenvalue weighted by atomic mass is 9.85. The van der Waals surface area contributed by atoms with Crippen LogP contribution in [0.25, 0.3) is 0 Å². The Morgan fingerprint density at radius 2 is 1.13 bits per heavy atom. The average molecular weight is 775 g/mol. The molecule has 306 valence electrons. The van der Waals surface area contributed by atoms with Crippen LogP contribution in [0.15, 0.2) is 48.6 Å². The zero-order valence-electron chi connectivity index (χ0n) is 31.8. The van der Waals surface area contributed by atoms with Gasteiger partial charge in [-0.05, 0) is 51.4 Å². The lowest BCUT2D eigenvalue weighted by Gasteiger charge is -2.41. The van der Waals surface area contributed by atoms with Crippen LogP contribution < -0.4 is 0 Å². The lowest BCUT2D eigenvalue weighted by Crippen LogP contribution is -2.64. The predicted molar refractivity (Wildman–Crippen MR) is 203 cm³/mol. The Balaban J connectivity index is 2.61. The molecule has 7 unspecified atom stereocenters. The van der Waals surface area contributed by atoms with Crippen LogP contribution in [-0.2, 0) is 32.7 Å². The van der Waals surface area contributed by atoms with Gasteiger partial charge in [0.15, 0.2) is 6.10 Å². The maximum Gasteiger partial charge on any atom is 0.472 e. The summed E-state index contributed by atoms with van der Waals surface area (Å²) in [5.41, 5.74) is 0. The van der Waals surface area contributed by atoms with Crippen molar-refractivity contribution in [2.24, 2.45) is 0 Å². The van der Waals surface area contributed by atoms with E-state index in [2.05, 4.69) is 38.2 Å². The number of hydrogen-bond acceptors (Lipinski definition) is 12. The molecule has 0 aromatic carbocycles. The van der Waals surface area contributed by atoms with Gasteiger partial charge in [-0.15, -0.1) is 0 Å². The molecule has 14 heteroatoms. The second-order valence-corrected chi connectivity index (χ2v) is 14.9. The van der Waals surface area contributed by atoms with Crippen molar-refractivity contribution in [3.8, 4) is 0 Å². The number of hydrogen-bond donors (Lipinski definition) is 6. The topological polar surface area (TPSA) is 210 Å². The molecule has 1 aliphatic carbocycles. The molecule has 0 bridgehead atoms. The molecule has 0 amide bonds. The molecule has 0 radical (unpaired) electrons. The van der Waals surface area contributed by atoms with Gasteiger partial charge in [0.05, 0.1) is 6.61 Å². The summed E-state index contributed by atoms with van der Waals surface area (Å²) in [6.45, 7) is 3.11. The lowest BCUT2D eigenvalue weighted by molar-refractivity contribution is -0.220. The van der Waals surface area contributed by atoms with Crippen LogP contribution in [0.4, 0.5) is 0 Å². The van der Waals surface area contributed by atoms with Gasteiger partial charge in [0.25, 0.3) is 0 Å². The number of aliphatic hydroxyl groups excluding tert-OH is 5. The van der Waals surface area contributed by atoms with E-state index in [-0.39, 0.29) is 12.8 Å². The molecule has 0 saturated heterocycles. The van der Waals surface area contributed by atoms with Gasteiger partial charge < -0.3 is 39.9 Å². The summed E-state index contributed by atoms with van der Waals surface area (Å²) in [5, 5.41) is 49.9. The third-order valence-electron chi connectivity index (χ3n) is 8.68. The van der Waals surface area contributed by atoms with Crippen molar-refractivity contribution in [2.45, 2.75) is 172 Å². The summed E-state index contributed by atoms with van der Waals surface area (Å²) in [7, 11) is -5.13. The van der Waals surface area contributed by atoms with Crippen LogP contribution >= 0.6 is 7.82 Å². The second kappa shape index (κ2) is 30.1. The molecule has 0 spiro atoms. The number of esters is 2. The second-order valence-electron chi connectivity index (χ2n) is 13.5. The molecule has 53 heavy (non-hydrogen) atoms. The van der Waals surface area contributed by atoms with E-state index in [9.17, 15) is 44.6 Å². The maximum atomic E-state index is 12.7. The number of ether oxygens (including phenoxy) is 2. The molecule has 13 nitrogen and oxygen atoms in total. The van der Waals surface area contributed by atoms with Gasteiger partial charge in [-0.2, -0.15) is 0 Å². The van der Waals surface area contributed by atoms with Crippen molar-refractivity contribution in [1.29, 1.82) is 0 Å². The van der Waals surface area contributed by atoms with Crippen molar-refractivity contribution in [1.82, 2.24) is 0 Å².